The van der Waals surface area contributed by atoms with Crippen LogP contribution in [0.4, 0.5) is 23.7 Å². The monoisotopic (exact) mass is 1070 g/mol. The van der Waals surface area contributed by atoms with E-state index in [-0.39, 0.29) is 94.1 Å². The number of piperidine rings is 3. The van der Waals surface area contributed by atoms with Crippen LogP contribution in [0.1, 0.15) is 64.4 Å². The molecule has 1 amide bonds. The molecule has 5 aliphatic rings. The highest BCUT2D eigenvalue weighted by Crippen LogP contribution is 2.40. The van der Waals surface area contributed by atoms with Crippen LogP contribution < -0.4 is 14.4 Å². The Bertz CT molecular complexity index is 2890. The fraction of sp³-hybridized carbons (Fsp3) is 0.373. The van der Waals surface area contributed by atoms with Gasteiger partial charge in [-0.15, -0.1) is 11.8 Å². The molecule has 2 bridgehead atoms. The van der Waals surface area contributed by atoms with Crippen LogP contribution >= 0.6 is 35.0 Å². The number of nitrogens with zero attached hydrogens (tertiary/aromatic N) is 4. The first-order chi connectivity index (χ1) is 34.7. The number of para-hydroxylation sites is 1. The smallest absolute Gasteiger partial charge is 0.415 e. The van der Waals surface area contributed by atoms with Crippen molar-refractivity contribution in [3.8, 4) is 11.5 Å². The molecule has 4 aliphatic heterocycles. The van der Waals surface area contributed by atoms with Crippen molar-refractivity contribution >= 4 is 68.7 Å². The third kappa shape index (κ3) is 12.3. The molecule has 4 aromatic carbocycles. The maximum atomic E-state index is 15.2. The molecule has 0 radical (unpaired) electrons. The van der Waals surface area contributed by atoms with Crippen molar-refractivity contribution in [1.29, 1.82) is 0 Å². The number of sulfonamides is 1. The van der Waals surface area contributed by atoms with Crippen LogP contribution in [0.25, 0.3) is 0 Å². The van der Waals surface area contributed by atoms with Gasteiger partial charge in [0, 0.05) is 37.7 Å². The van der Waals surface area contributed by atoms with Gasteiger partial charge in [-0.3, -0.25) is 14.8 Å². The van der Waals surface area contributed by atoms with Crippen molar-refractivity contribution in [2.75, 3.05) is 43.4 Å². The van der Waals surface area contributed by atoms with E-state index in [1.165, 1.54) is 84.0 Å². The minimum atomic E-state index is -4.37. The fourth-order valence-corrected chi connectivity index (χ4v) is 12.6. The molecule has 72 heavy (non-hydrogen) atoms. The number of carbonyl (C=O) groups excluding carboxylic acids is 3. The lowest BCUT2D eigenvalue weighted by molar-refractivity contribution is -0.150. The summed E-state index contributed by atoms with van der Waals surface area (Å²) in [5.74, 6) is -1.72. The van der Waals surface area contributed by atoms with E-state index >= 15 is 4.39 Å². The molecule has 5 aromatic rings. The summed E-state index contributed by atoms with van der Waals surface area (Å²) in [5, 5.41) is -0.990. The average molecular weight is 1070 g/mol. The van der Waals surface area contributed by atoms with Gasteiger partial charge in [0.25, 0.3) is 0 Å². The normalized spacial score (nSPS) is 20.2. The number of esters is 2. The Kier molecular flexibility index (Phi) is 16.2. The van der Waals surface area contributed by atoms with Gasteiger partial charge in [0.2, 0.25) is 10.0 Å². The Hall–Kier alpha value is -5.57. The van der Waals surface area contributed by atoms with Crippen molar-refractivity contribution < 1.29 is 59.7 Å². The number of anilines is 1. The number of carbonyl (C=O) groups is 3. The summed E-state index contributed by atoms with van der Waals surface area (Å²) in [5.41, 5.74) is 1.68. The number of aromatic nitrogens is 1. The van der Waals surface area contributed by atoms with E-state index in [0.717, 1.165) is 54.8 Å². The largest absolute Gasteiger partial charge is 0.489 e. The number of hydrogen-bond donors (Lipinski definition) is 0. The molecule has 5 heterocycles. The van der Waals surface area contributed by atoms with Crippen LogP contribution in [-0.4, -0.2) is 97.3 Å². The van der Waals surface area contributed by atoms with Gasteiger partial charge in [-0.1, -0.05) is 65.7 Å². The van der Waals surface area contributed by atoms with E-state index in [9.17, 15) is 31.6 Å². The zero-order valence-corrected chi connectivity index (χ0v) is 41.7. The number of pyridine rings is 1. The Morgan fingerprint density at radius 1 is 0.861 bits per heavy atom. The summed E-state index contributed by atoms with van der Waals surface area (Å²) in [6, 6.07) is 22.2. The summed E-state index contributed by atoms with van der Waals surface area (Å²) in [6.07, 6.45) is 4.15. The van der Waals surface area contributed by atoms with E-state index in [1.807, 2.05) is 0 Å². The summed E-state index contributed by atoms with van der Waals surface area (Å²) in [4.78, 5) is 48.7. The highest BCUT2D eigenvalue weighted by molar-refractivity contribution is 8.02. The first-order valence-electron chi connectivity index (χ1n) is 23.3. The second-order valence-corrected chi connectivity index (χ2v) is 21.8. The third-order valence-electron chi connectivity index (χ3n) is 13.0. The van der Waals surface area contributed by atoms with Crippen molar-refractivity contribution in [3.05, 3.63) is 147 Å². The summed E-state index contributed by atoms with van der Waals surface area (Å²) < 4.78 is 100. The zero-order valence-electron chi connectivity index (χ0n) is 38.5. The lowest BCUT2D eigenvalue weighted by atomic mass is 9.86. The predicted molar refractivity (Wildman–Crippen MR) is 262 cm³/mol. The van der Waals surface area contributed by atoms with Gasteiger partial charge in [0.05, 0.1) is 39.3 Å². The van der Waals surface area contributed by atoms with E-state index in [4.69, 9.17) is 46.9 Å². The number of alkyl halides is 2. The van der Waals surface area contributed by atoms with Gasteiger partial charge in [-0.05, 0) is 121 Å². The first-order valence-corrected chi connectivity index (χ1v) is 26.6. The molecule has 21 heteroatoms. The summed E-state index contributed by atoms with van der Waals surface area (Å²) in [6.45, 7) is -0.825. The Morgan fingerprint density at radius 2 is 1.61 bits per heavy atom. The molecule has 380 valence electrons. The minimum Gasteiger partial charge on any atom is -0.489 e. The predicted octanol–water partition coefficient (Wildman–Crippen LogP) is 10.1. The minimum absolute atomic E-state index is 0.00709. The molecule has 1 aliphatic carbocycles. The highest BCUT2D eigenvalue weighted by Gasteiger charge is 2.43. The van der Waals surface area contributed by atoms with E-state index in [2.05, 4.69) is 9.88 Å². The molecule has 0 spiro atoms. The number of rotatable bonds is 19. The fourth-order valence-electron chi connectivity index (χ4n) is 8.95. The average Bonchev–Trinajstić information content (AvgIpc) is 4.07. The molecule has 4 saturated heterocycles. The topological polar surface area (TPSA) is 154 Å². The van der Waals surface area contributed by atoms with Gasteiger partial charge in [-0.25, -0.2) is 27.2 Å². The van der Waals surface area contributed by atoms with E-state index < -0.39 is 52.0 Å². The van der Waals surface area contributed by atoms with Gasteiger partial charge in [-0.2, -0.15) is 13.1 Å². The Labute approximate surface area is 428 Å². The summed E-state index contributed by atoms with van der Waals surface area (Å²) >= 11 is 14.0. The van der Waals surface area contributed by atoms with Gasteiger partial charge >= 0.3 is 24.6 Å². The number of benzene rings is 4. The molecule has 1 aromatic heterocycles. The number of ether oxygens (including phenoxy) is 5. The molecule has 14 nitrogen and oxygen atoms in total. The standard InChI is InChI=1S/C51H49Cl2F3N4O10S2/c52-39-25-57-26-40(53)38(39)24-44(35-13-14-43(69-50(55)56)45(23-35)66-29-31-11-12-31)68-49(62)47-60(19-20-71-47)72(64,65)37-8-4-6-33(22-37)30-67-48(61)36-7-3-5-32(21-36)27-59(42-10-2-1-9-41(42)54)51(63)70-46-28-58-17-15-34(46)16-18-58/h1-10,13-14,21-23,25-26,31,34,44,46-47,50H,11-12,15-20,24,27-30H2/t44-,46-,47-/m0/s1. The van der Waals surface area contributed by atoms with Gasteiger partial charge in [0.1, 0.15) is 24.6 Å². The highest BCUT2D eigenvalue weighted by atomic mass is 35.5. The third-order valence-corrected chi connectivity index (χ3v) is 16.8. The number of fused-ring (bicyclic) bond motifs is 3. The summed E-state index contributed by atoms with van der Waals surface area (Å²) in [7, 11) is -4.37. The zero-order chi connectivity index (χ0) is 50.5. The first kappa shape index (κ1) is 51.3. The van der Waals surface area contributed by atoms with Crippen molar-refractivity contribution in [3.63, 3.8) is 0 Å². The SMILES string of the molecule is O=C(OCc1cccc(S(=O)(=O)N2CCS[C@H]2C(=O)O[C@@H](Cc2c(Cl)cncc2Cl)c2ccc(OC(F)F)c(OCC3CC3)c2)c1)c1cccc(CN(C(=O)O[C@H]2CN3CCC2CC3)c2ccccc2F)c1. The molecule has 10 rings (SSSR count). The quantitative estimate of drug-likeness (QED) is 0.0570. The molecule has 5 fully saturated rings. The second kappa shape index (κ2) is 22.7. The molecule has 0 unspecified atom stereocenters. The molecule has 3 atom stereocenters. The van der Waals surface area contributed by atoms with Crippen LogP contribution in [0.3, 0.4) is 0 Å². The van der Waals surface area contributed by atoms with Crippen LogP contribution in [0.5, 0.6) is 11.5 Å². The molecular weight excluding hydrogens is 1020 g/mol. The number of halogens is 5. The van der Waals surface area contributed by atoms with Crippen LogP contribution in [0.15, 0.2) is 108 Å². The van der Waals surface area contributed by atoms with Crippen molar-refractivity contribution in [2.45, 2.75) is 74.3 Å². The number of hydrogen-bond acceptors (Lipinski definition) is 13. The maximum Gasteiger partial charge on any atom is 0.415 e. The van der Waals surface area contributed by atoms with Crippen molar-refractivity contribution in [1.82, 2.24) is 14.2 Å². The molecule has 0 N–H and O–H groups in total. The molecule has 1 saturated carbocycles. The lowest BCUT2D eigenvalue weighted by Gasteiger charge is -2.44. The van der Waals surface area contributed by atoms with Gasteiger partial charge < -0.3 is 23.7 Å². The van der Waals surface area contributed by atoms with E-state index in [1.54, 1.807) is 24.3 Å². The molecular formula is C51H49Cl2F3N4O10S2. The van der Waals surface area contributed by atoms with Crippen LogP contribution in [-0.2, 0) is 48.6 Å². The second-order valence-electron chi connectivity index (χ2n) is 17.9. The Morgan fingerprint density at radius 3 is 2.33 bits per heavy atom. The maximum absolute atomic E-state index is 15.2. The number of thioether (sulfide) groups is 1. The van der Waals surface area contributed by atoms with Crippen molar-refractivity contribution in [2.24, 2.45) is 11.8 Å². The van der Waals surface area contributed by atoms with Crippen LogP contribution in [0.2, 0.25) is 10.0 Å². The number of amides is 1. The Balaban J connectivity index is 0.879. The van der Waals surface area contributed by atoms with Crippen LogP contribution in [0, 0.1) is 17.7 Å². The lowest BCUT2D eigenvalue weighted by Crippen LogP contribution is -2.53. The van der Waals surface area contributed by atoms with E-state index in [0.29, 0.717) is 28.8 Å². The van der Waals surface area contributed by atoms with Gasteiger partial charge in [0.15, 0.2) is 16.9 Å².